The van der Waals surface area contributed by atoms with Crippen molar-refractivity contribution in [1.82, 2.24) is 44.8 Å². The number of aryl methyl sites for hydroxylation is 1. The number of imide groups is 2. The highest BCUT2D eigenvalue weighted by Gasteiger charge is 2.45. The van der Waals surface area contributed by atoms with Gasteiger partial charge in [0.15, 0.2) is 5.82 Å². The molecule has 4 fully saturated rings. The maximum atomic E-state index is 13.6. The Kier molecular flexibility index (Phi) is 13.1. The Morgan fingerprint density at radius 2 is 1.55 bits per heavy atom. The van der Waals surface area contributed by atoms with E-state index in [0.29, 0.717) is 61.7 Å². The van der Waals surface area contributed by atoms with Gasteiger partial charge in [0.2, 0.25) is 17.8 Å². The first-order valence-electron chi connectivity index (χ1n) is 25.3. The summed E-state index contributed by atoms with van der Waals surface area (Å²) in [5.41, 5.74) is 7.30. The fraction of sp³-hybridized carbons (Fsp3) is 0.415. The van der Waals surface area contributed by atoms with E-state index in [1.54, 1.807) is 49.6 Å². The second-order valence-corrected chi connectivity index (χ2v) is 24.3. The Bertz CT molecular complexity index is 3260. The van der Waals surface area contributed by atoms with Crippen molar-refractivity contribution in [2.45, 2.75) is 57.4 Å². The van der Waals surface area contributed by atoms with Crippen LogP contribution in [0.4, 0.5) is 34.5 Å². The first-order valence-corrected chi connectivity index (χ1v) is 28.3. The highest BCUT2D eigenvalue weighted by molar-refractivity contribution is 7.71. The molecule has 384 valence electrons. The van der Waals surface area contributed by atoms with Crippen LogP contribution >= 0.6 is 18.7 Å². The smallest absolute Gasteiger partial charge is 0.262 e. The molecule has 8 heterocycles. The Balaban J connectivity index is 0.719. The summed E-state index contributed by atoms with van der Waals surface area (Å²) in [6, 6.07) is 12.2. The number of methoxy groups -OCH3 is 1. The van der Waals surface area contributed by atoms with Crippen LogP contribution in [0.1, 0.15) is 72.1 Å². The number of likely N-dealkylation sites (tertiary alicyclic amines) is 1. The minimum absolute atomic E-state index is 0.0909. The first-order chi connectivity index (χ1) is 35.6. The predicted molar refractivity (Wildman–Crippen MR) is 285 cm³/mol. The van der Waals surface area contributed by atoms with Crippen molar-refractivity contribution < 1.29 is 28.5 Å². The summed E-state index contributed by atoms with van der Waals surface area (Å²) in [6.45, 7) is 10.2. The Morgan fingerprint density at radius 1 is 0.811 bits per heavy atom. The van der Waals surface area contributed by atoms with Gasteiger partial charge in [-0.1, -0.05) is 11.6 Å². The monoisotopic (exact) mass is 1040 g/mol. The molecule has 11 rings (SSSR count). The molecular formula is C53H59ClN13O6P. The summed E-state index contributed by atoms with van der Waals surface area (Å²) in [7, 11) is 0.734. The standard InChI is InChI=1S/C53H59ClN13O6P/c1-63-31-33(28-58-63)36-26-41(60-52-57-29-38(54)48(62-52)59-40-8-7-39-46(56-18-17-55-39)47(40)74(3,4)72)44(73-2)27-43(36)66-23-15-53(16-24-66)13-21-64(22-14-53)30-32-11-19-65(20-12-32)34-5-6-35-37(25-34)51(71)67(50(35)70)42-9-10-45(68)61-49(42)69/h5-8,17-18,25-29,31-32,42H,9-16,19-24,30H2,1-4H3,(H,61,68,69)(H2,57,59,60,62). The number of piperidine rings is 4. The Hall–Kier alpha value is -6.95. The number of carbonyl (C=O) groups excluding carboxylic acids is 4. The van der Waals surface area contributed by atoms with Crippen molar-refractivity contribution >= 4 is 93.2 Å². The topological polar surface area (TPSA) is 213 Å². The van der Waals surface area contributed by atoms with E-state index in [1.165, 1.54) is 19.0 Å². The van der Waals surface area contributed by atoms with Gasteiger partial charge >= 0.3 is 0 Å². The fourth-order valence-electron chi connectivity index (χ4n) is 11.6. The van der Waals surface area contributed by atoms with E-state index < -0.39 is 30.9 Å². The van der Waals surface area contributed by atoms with Crippen molar-refractivity contribution in [1.29, 1.82) is 0 Å². The van der Waals surface area contributed by atoms with Gasteiger partial charge in [-0.05, 0) is 119 Å². The van der Waals surface area contributed by atoms with Crippen LogP contribution in [-0.2, 0) is 21.2 Å². The molecule has 19 nitrogen and oxygen atoms in total. The minimum Gasteiger partial charge on any atom is -0.494 e. The number of benzene rings is 3. The molecule has 0 aliphatic carbocycles. The SMILES string of the molecule is COc1cc(N2CCC3(CCN(CC4CCN(c5ccc6c(c5)C(=O)N(C5CCC(=O)NC5=O)C6=O)CC4)CC3)CC2)c(-c2cnn(C)c2)cc1Nc1ncc(Cl)c(Nc2ccc3nccnc3c2P(C)(C)=O)n1. The third-order valence-corrected chi connectivity index (χ3v) is 17.5. The molecule has 3 N–H and O–H groups in total. The molecule has 0 bridgehead atoms. The van der Waals surface area contributed by atoms with Crippen LogP contribution < -0.4 is 35.8 Å². The van der Waals surface area contributed by atoms with Crippen molar-refractivity contribution in [2.75, 3.05) is 86.7 Å². The van der Waals surface area contributed by atoms with Crippen LogP contribution in [-0.4, -0.2) is 135 Å². The van der Waals surface area contributed by atoms with Crippen LogP contribution in [0, 0.1) is 11.3 Å². The number of amides is 4. The third kappa shape index (κ3) is 9.56. The van der Waals surface area contributed by atoms with Gasteiger partial charge in [-0.25, -0.2) is 4.98 Å². The number of ether oxygens (including phenoxy) is 1. The molecule has 5 aliphatic heterocycles. The number of nitrogens with zero attached hydrogens (tertiary/aromatic N) is 10. The van der Waals surface area contributed by atoms with Gasteiger partial charge in [-0.2, -0.15) is 10.1 Å². The lowest BCUT2D eigenvalue weighted by Gasteiger charge is -2.48. The van der Waals surface area contributed by atoms with Crippen LogP contribution in [0.25, 0.3) is 22.2 Å². The van der Waals surface area contributed by atoms with Gasteiger partial charge in [0, 0.05) is 93.4 Å². The van der Waals surface area contributed by atoms with E-state index in [1.807, 2.05) is 37.6 Å². The number of aromatic nitrogens is 6. The van der Waals surface area contributed by atoms with Gasteiger partial charge in [0.05, 0.1) is 52.8 Å². The van der Waals surface area contributed by atoms with Crippen molar-refractivity contribution in [3.63, 3.8) is 0 Å². The summed E-state index contributed by atoms with van der Waals surface area (Å²) in [6.07, 6.45) is 15.5. The summed E-state index contributed by atoms with van der Waals surface area (Å²) >= 11 is 6.69. The predicted octanol–water partition coefficient (Wildman–Crippen LogP) is 7.22. The number of halogens is 1. The molecule has 0 saturated carbocycles. The highest BCUT2D eigenvalue weighted by Crippen LogP contribution is 2.47. The lowest BCUT2D eigenvalue weighted by molar-refractivity contribution is -0.136. The van der Waals surface area contributed by atoms with E-state index in [-0.39, 0.29) is 29.7 Å². The van der Waals surface area contributed by atoms with E-state index in [9.17, 15) is 23.7 Å². The molecule has 4 saturated heterocycles. The average Bonchev–Trinajstić information content (AvgIpc) is 3.94. The van der Waals surface area contributed by atoms with Crippen molar-refractivity contribution in [3.8, 4) is 16.9 Å². The fourth-order valence-corrected chi connectivity index (χ4v) is 13.2. The van der Waals surface area contributed by atoms with Crippen LogP contribution in [0.5, 0.6) is 5.75 Å². The van der Waals surface area contributed by atoms with E-state index >= 15 is 0 Å². The number of nitrogens with one attached hydrogen (secondary N) is 3. The maximum absolute atomic E-state index is 13.6. The van der Waals surface area contributed by atoms with Crippen LogP contribution in [0.2, 0.25) is 5.02 Å². The maximum Gasteiger partial charge on any atom is 0.262 e. The molecule has 74 heavy (non-hydrogen) atoms. The number of fused-ring (bicyclic) bond motifs is 2. The van der Waals surface area contributed by atoms with Crippen LogP contribution in [0.15, 0.2) is 73.4 Å². The number of rotatable bonds is 12. The molecule has 0 radical (unpaired) electrons. The molecule has 6 aromatic rings. The zero-order valence-corrected chi connectivity index (χ0v) is 43.6. The van der Waals surface area contributed by atoms with Crippen molar-refractivity contribution in [3.05, 3.63) is 89.6 Å². The molecule has 3 aromatic heterocycles. The summed E-state index contributed by atoms with van der Waals surface area (Å²) in [5, 5.41) is 14.3. The first kappa shape index (κ1) is 49.3. The number of anilines is 6. The van der Waals surface area contributed by atoms with Gasteiger partial charge in [0.25, 0.3) is 11.8 Å². The normalized spacial score (nSPS) is 19.6. The summed E-state index contributed by atoms with van der Waals surface area (Å²) in [4.78, 5) is 77.7. The number of hydrogen-bond donors (Lipinski definition) is 3. The molecular weight excluding hydrogens is 981 g/mol. The Morgan fingerprint density at radius 3 is 2.27 bits per heavy atom. The quantitative estimate of drug-likeness (QED) is 0.0816. The minimum atomic E-state index is -2.84. The second-order valence-electron chi connectivity index (χ2n) is 20.7. The average molecular weight is 1040 g/mol. The lowest BCUT2D eigenvalue weighted by atomic mass is 9.71. The lowest BCUT2D eigenvalue weighted by Crippen LogP contribution is -2.54. The van der Waals surface area contributed by atoms with Gasteiger partial charge < -0.3 is 34.6 Å². The molecule has 3 aromatic carbocycles. The molecule has 1 spiro atoms. The van der Waals surface area contributed by atoms with Crippen molar-refractivity contribution in [2.24, 2.45) is 18.4 Å². The van der Waals surface area contributed by atoms with E-state index in [2.05, 4.69) is 62.8 Å². The van der Waals surface area contributed by atoms with E-state index in [4.69, 9.17) is 21.3 Å². The second kappa shape index (κ2) is 19.7. The molecule has 21 heteroatoms. The largest absolute Gasteiger partial charge is 0.494 e. The number of hydrogen-bond acceptors (Lipinski definition) is 16. The Labute approximate surface area is 433 Å². The summed E-state index contributed by atoms with van der Waals surface area (Å²) < 4.78 is 21.5. The van der Waals surface area contributed by atoms with Gasteiger partial charge in [0.1, 0.15) is 29.5 Å². The molecule has 1 atom stereocenters. The summed E-state index contributed by atoms with van der Waals surface area (Å²) in [5.74, 6) is -0.136. The molecule has 1 unspecified atom stereocenters. The zero-order valence-electron chi connectivity index (χ0n) is 41.9. The molecule has 5 aliphatic rings. The third-order valence-electron chi connectivity index (χ3n) is 15.7. The van der Waals surface area contributed by atoms with Gasteiger partial charge in [-0.15, -0.1) is 0 Å². The van der Waals surface area contributed by atoms with Gasteiger partial charge in [-0.3, -0.25) is 44.0 Å². The molecule has 4 amide bonds. The zero-order chi connectivity index (χ0) is 51.5. The van der Waals surface area contributed by atoms with E-state index in [0.717, 1.165) is 98.9 Å². The number of carbonyl (C=O) groups is 4. The van der Waals surface area contributed by atoms with Crippen LogP contribution in [0.3, 0.4) is 0 Å². The highest BCUT2D eigenvalue weighted by atomic mass is 35.5.